The molecule has 1 saturated heterocycles. The van der Waals surface area contributed by atoms with Crippen molar-refractivity contribution < 1.29 is 37.4 Å². The fraction of sp³-hybridized carbons (Fsp3) is 0.634. The first-order valence-electron chi connectivity index (χ1n) is 20.0. The van der Waals surface area contributed by atoms with E-state index in [2.05, 4.69) is 29.1 Å². The number of pyridine rings is 1. The SMILES string of the molecule is CCc1ccc2nc(C)c3c(c2c1)CC[C@]1(C[C@H]2C(=O)N[C@]4(C(=O)NS(=O)(=O)C5(C)CC5)C[C@H]4/C=C\CCCCC[C@H](N(CC(C)C)C(=O)O)C(=O)N2C1)O3. The Bertz CT molecular complexity index is 2050. The van der Waals surface area contributed by atoms with Crippen LogP contribution in [0, 0.1) is 18.8 Å². The molecule has 4 heterocycles. The van der Waals surface area contributed by atoms with Crippen LogP contribution in [0.25, 0.3) is 10.9 Å². The third-order valence-electron chi connectivity index (χ3n) is 12.6. The van der Waals surface area contributed by atoms with E-state index in [4.69, 9.17) is 9.72 Å². The van der Waals surface area contributed by atoms with Gasteiger partial charge in [0.1, 0.15) is 29.0 Å². The van der Waals surface area contributed by atoms with E-state index in [0.29, 0.717) is 56.4 Å². The van der Waals surface area contributed by atoms with E-state index in [9.17, 15) is 32.7 Å². The van der Waals surface area contributed by atoms with Gasteiger partial charge in [0.25, 0.3) is 5.91 Å². The van der Waals surface area contributed by atoms with Gasteiger partial charge in [0.2, 0.25) is 21.8 Å². The van der Waals surface area contributed by atoms with Crippen molar-refractivity contribution in [2.24, 2.45) is 11.8 Å². The van der Waals surface area contributed by atoms with Crippen LogP contribution in [0.3, 0.4) is 0 Å². The van der Waals surface area contributed by atoms with Crippen LogP contribution < -0.4 is 14.8 Å². The van der Waals surface area contributed by atoms with Crippen LogP contribution in [0.15, 0.2) is 30.4 Å². The number of aromatic nitrogens is 1. The van der Waals surface area contributed by atoms with Gasteiger partial charge in [-0.25, -0.2) is 18.2 Å². The summed E-state index contributed by atoms with van der Waals surface area (Å²) in [7, 11) is -3.99. The Labute approximate surface area is 323 Å². The topological polar surface area (TPSA) is 175 Å². The molecule has 1 aromatic heterocycles. The standard InChI is InChI=1S/C41H55N5O8S/c1-6-27-14-15-31-30(20-27)29-16-17-40(54-34(29)26(4)42-31)22-33-35(47)43-41(37(49)44-55(52,53)39(5)18-19-39)21-28(41)12-10-8-7-9-11-13-32(36(48)46(33)24-40)45(38(50)51)23-25(2)3/h10,12,14-15,20,25,28,32-33H,6-9,11,13,16-19,21-24H2,1-5H3,(H,43,47)(H,44,49)(H,50,51)/b12-10-/t28-,32+,33+,40-,41-/m1/s1. The maximum absolute atomic E-state index is 14.9. The zero-order valence-corrected chi connectivity index (χ0v) is 33.5. The lowest BCUT2D eigenvalue weighted by atomic mass is 9.87. The Hall–Kier alpha value is -4.20. The van der Waals surface area contributed by atoms with Crippen molar-refractivity contribution in [2.45, 2.75) is 140 Å². The lowest BCUT2D eigenvalue weighted by Gasteiger charge is -2.37. The molecule has 3 fully saturated rings. The summed E-state index contributed by atoms with van der Waals surface area (Å²) in [5.74, 6) is -1.70. The third-order valence-corrected chi connectivity index (χ3v) is 14.8. The van der Waals surface area contributed by atoms with Crippen LogP contribution in [0.1, 0.15) is 109 Å². The van der Waals surface area contributed by atoms with Crippen molar-refractivity contribution in [3.8, 4) is 5.75 Å². The summed E-state index contributed by atoms with van der Waals surface area (Å²) in [6.45, 7) is 9.57. The molecular formula is C41H55N5O8S. The van der Waals surface area contributed by atoms with Crippen LogP contribution in [-0.4, -0.2) is 93.2 Å². The summed E-state index contributed by atoms with van der Waals surface area (Å²) in [5.41, 5.74) is 1.28. The van der Waals surface area contributed by atoms with Gasteiger partial charge in [0.15, 0.2) is 0 Å². The number of sulfonamides is 1. The van der Waals surface area contributed by atoms with Gasteiger partial charge in [-0.1, -0.05) is 51.8 Å². The number of amides is 4. The molecule has 3 aliphatic heterocycles. The molecule has 1 spiro atoms. The average molecular weight is 778 g/mol. The molecule has 4 amide bonds. The van der Waals surface area contributed by atoms with Gasteiger partial charge in [-0.3, -0.25) is 24.0 Å². The minimum absolute atomic E-state index is 0.0384. The summed E-state index contributed by atoms with van der Waals surface area (Å²) < 4.78 is 34.6. The lowest BCUT2D eigenvalue weighted by molar-refractivity contribution is -0.143. The minimum atomic E-state index is -3.99. The molecule has 2 saturated carbocycles. The van der Waals surface area contributed by atoms with Gasteiger partial charge >= 0.3 is 6.09 Å². The first-order valence-corrected chi connectivity index (χ1v) is 21.5. The number of carbonyl (C=O) groups is 4. The van der Waals surface area contributed by atoms with Gasteiger partial charge in [-0.15, -0.1) is 0 Å². The molecule has 14 heteroatoms. The maximum atomic E-state index is 14.9. The maximum Gasteiger partial charge on any atom is 0.407 e. The van der Waals surface area contributed by atoms with E-state index in [-0.39, 0.29) is 31.8 Å². The number of hydrogen-bond acceptors (Lipinski definition) is 8. The zero-order valence-electron chi connectivity index (χ0n) is 32.7. The molecule has 55 heavy (non-hydrogen) atoms. The minimum Gasteiger partial charge on any atom is -0.483 e. The van der Waals surface area contributed by atoms with Crippen LogP contribution in [0.5, 0.6) is 5.75 Å². The summed E-state index contributed by atoms with van der Waals surface area (Å²) in [6.07, 6.45) is 8.94. The fourth-order valence-electron chi connectivity index (χ4n) is 8.83. The number of rotatable bonds is 7. The van der Waals surface area contributed by atoms with Crippen molar-refractivity contribution in [3.63, 3.8) is 0 Å². The van der Waals surface area contributed by atoms with Crippen LogP contribution in [-0.2, 0) is 37.2 Å². The molecule has 2 aromatic rings. The largest absolute Gasteiger partial charge is 0.483 e. The highest BCUT2D eigenvalue weighted by Crippen LogP contribution is 2.49. The van der Waals surface area contributed by atoms with E-state index in [1.165, 1.54) is 15.4 Å². The van der Waals surface area contributed by atoms with Crippen LogP contribution >= 0.6 is 0 Å². The number of hydrogen-bond donors (Lipinski definition) is 3. The number of benzene rings is 1. The fourth-order valence-corrected chi connectivity index (χ4v) is 10.1. The molecule has 2 aliphatic carbocycles. The Kier molecular flexibility index (Phi) is 10.2. The summed E-state index contributed by atoms with van der Waals surface area (Å²) in [6, 6.07) is 4.10. The molecule has 7 rings (SSSR count). The average Bonchev–Trinajstić information content (AvgIpc) is 4.03. The number of allylic oxidation sites excluding steroid dienone is 1. The summed E-state index contributed by atoms with van der Waals surface area (Å²) >= 11 is 0. The number of ether oxygens (including phenoxy) is 1. The zero-order chi connectivity index (χ0) is 39.5. The number of carbonyl (C=O) groups excluding carboxylic acids is 3. The number of carboxylic acid groups (broad SMARTS) is 1. The second-order valence-electron chi connectivity index (χ2n) is 17.2. The molecule has 0 unspecified atom stereocenters. The quantitative estimate of drug-likeness (QED) is 0.321. The van der Waals surface area contributed by atoms with Gasteiger partial charge in [0.05, 0.1) is 22.5 Å². The second-order valence-corrected chi connectivity index (χ2v) is 19.4. The molecular weight excluding hydrogens is 723 g/mol. The highest BCUT2D eigenvalue weighted by molar-refractivity contribution is 7.91. The Morgan fingerprint density at radius 3 is 2.60 bits per heavy atom. The molecule has 13 nitrogen and oxygen atoms in total. The second kappa shape index (κ2) is 14.4. The smallest absolute Gasteiger partial charge is 0.407 e. The number of aryl methyl sites for hydroxylation is 3. The predicted octanol–water partition coefficient (Wildman–Crippen LogP) is 5.17. The monoisotopic (exact) mass is 777 g/mol. The molecule has 5 atom stereocenters. The lowest BCUT2D eigenvalue weighted by Crippen LogP contribution is -2.59. The van der Waals surface area contributed by atoms with Gasteiger partial charge in [-0.05, 0) is 95.2 Å². The number of nitrogens with one attached hydrogen (secondary N) is 2. The molecule has 3 N–H and O–H groups in total. The number of fused-ring (bicyclic) bond motifs is 5. The first kappa shape index (κ1) is 39.1. The van der Waals surface area contributed by atoms with Gasteiger partial charge < -0.3 is 20.1 Å². The van der Waals surface area contributed by atoms with E-state index < -0.39 is 67.7 Å². The Morgan fingerprint density at radius 1 is 1.15 bits per heavy atom. The molecule has 0 radical (unpaired) electrons. The Morgan fingerprint density at radius 2 is 1.91 bits per heavy atom. The molecule has 1 aromatic carbocycles. The van der Waals surface area contributed by atoms with E-state index in [1.807, 2.05) is 39.0 Å². The predicted molar refractivity (Wildman–Crippen MR) is 207 cm³/mol. The summed E-state index contributed by atoms with van der Waals surface area (Å²) in [4.78, 5) is 63.9. The van der Waals surface area contributed by atoms with Crippen LogP contribution in [0.2, 0.25) is 0 Å². The molecule has 0 bridgehead atoms. The molecule has 298 valence electrons. The van der Waals surface area contributed by atoms with Crippen molar-refractivity contribution in [1.82, 2.24) is 24.8 Å². The highest BCUT2D eigenvalue weighted by Gasteiger charge is 2.64. The normalized spacial score (nSPS) is 29.6. The first-order chi connectivity index (χ1) is 26.0. The summed E-state index contributed by atoms with van der Waals surface area (Å²) in [5, 5.41) is 14.4. The van der Waals surface area contributed by atoms with Crippen molar-refractivity contribution in [1.29, 1.82) is 0 Å². The van der Waals surface area contributed by atoms with Crippen molar-refractivity contribution >= 4 is 44.7 Å². The van der Waals surface area contributed by atoms with Crippen LogP contribution in [0.4, 0.5) is 4.79 Å². The third kappa shape index (κ3) is 7.31. The van der Waals surface area contributed by atoms with E-state index >= 15 is 0 Å². The number of nitrogens with zero attached hydrogens (tertiary/aromatic N) is 3. The van der Waals surface area contributed by atoms with Crippen molar-refractivity contribution in [3.05, 3.63) is 47.2 Å². The van der Waals surface area contributed by atoms with Gasteiger partial charge in [-0.2, -0.15) is 0 Å². The molecule has 5 aliphatic rings. The Balaban J connectivity index is 1.27. The highest BCUT2D eigenvalue weighted by atomic mass is 32.2. The van der Waals surface area contributed by atoms with E-state index in [0.717, 1.165) is 35.7 Å². The van der Waals surface area contributed by atoms with E-state index in [1.54, 1.807) is 6.92 Å². The van der Waals surface area contributed by atoms with Crippen molar-refractivity contribution in [2.75, 3.05) is 13.1 Å². The van der Waals surface area contributed by atoms with Gasteiger partial charge in [0, 0.05) is 29.8 Å².